The molecule has 0 saturated carbocycles. The van der Waals surface area contributed by atoms with Crippen molar-refractivity contribution in [2.75, 3.05) is 13.2 Å². The fraction of sp³-hybridized carbons (Fsp3) is 0.778. The van der Waals surface area contributed by atoms with Crippen LogP contribution < -0.4 is 16.9 Å². The summed E-state index contributed by atoms with van der Waals surface area (Å²) in [5.41, 5.74) is 4.96. The first-order chi connectivity index (χ1) is 7.16. The minimum atomic E-state index is -0.324. The van der Waals surface area contributed by atoms with Crippen molar-refractivity contribution in [1.82, 2.24) is 5.32 Å². The maximum absolute atomic E-state index is 11.2. The number of nitrogens with two attached hydrogens (primary N) is 2. The second-order valence-electron chi connectivity index (χ2n) is 3.25. The van der Waals surface area contributed by atoms with Crippen molar-refractivity contribution in [3.63, 3.8) is 0 Å². The summed E-state index contributed by atoms with van der Waals surface area (Å²) < 4.78 is 0. The molecule has 0 aromatic heterocycles. The Labute approximate surface area is 89.3 Å². The van der Waals surface area contributed by atoms with E-state index in [1.165, 1.54) is 0 Å². The van der Waals surface area contributed by atoms with Crippen LogP contribution >= 0.6 is 0 Å². The Balaban J connectivity index is 3.22. The van der Waals surface area contributed by atoms with Crippen molar-refractivity contribution in [2.45, 2.75) is 32.1 Å². The number of amides is 2. The van der Waals surface area contributed by atoms with E-state index in [4.69, 9.17) is 11.6 Å². The molecule has 0 aliphatic rings. The average molecular weight is 217 g/mol. The number of hydrogen-bond acceptors (Lipinski definition) is 4. The number of rotatable bonds is 9. The van der Waals surface area contributed by atoms with Gasteiger partial charge in [0, 0.05) is 19.4 Å². The zero-order chi connectivity index (χ0) is 11.5. The van der Waals surface area contributed by atoms with Crippen LogP contribution in [0.1, 0.15) is 32.1 Å². The molecule has 0 unspecified atom stereocenters. The number of unbranched alkanes of at least 4 members (excludes halogenated alkanes) is 1. The highest BCUT2D eigenvalue weighted by Crippen LogP contribution is 1.98. The van der Waals surface area contributed by atoms with Crippen LogP contribution in [-0.4, -0.2) is 25.0 Å². The minimum Gasteiger partial charge on any atom is -0.370 e. The van der Waals surface area contributed by atoms with Gasteiger partial charge in [0.25, 0.3) is 0 Å². The fourth-order valence-corrected chi connectivity index (χ4v) is 1.06. The summed E-state index contributed by atoms with van der Waals surface area (Å²) in [6.45, 7) is 0.994. The molecule has 0 fully saturated rings. The van der Waals surface area contributed by atoms with Gasteiger partial charge in [0.2, 0.25) is 11.8 Å². The van der Waals surface area contributed by atoms with Crippen LogP contribution in [0.2, 0.25) is 0 Å². The van der Waals surface area contributed by atoms with Crippen molar-refractivity contribution >= 4 is 11.8 Å². The summed E-state index contributed by atoms with van der Waals surface area (Å²) in [7, 11) is 0. The van der Waals surface area contributed by atoms with Gasteiger partial charge < -0.3 is 15.9 Å². The van der Waals surface area contributed by atoms with Gasteiger partial charge in [-0.2, -0.15) is 0 Å². The van der Waals surface area contributed by atoms with Crippen LogP contribution in [0.15, 0.2) is 0 Å². The SMILES string of the molecule is NOCCCNC(=O)CCCCC(N)=O. The zero-order valence-electron chi connectivity index (χ0n) is 8.83. The van der Waals surface area contributed by atoms with Crippen molar-refractivity contribution in [2.24, 2.45) is 11.6 Å². The monoisotopic (exact) mass is 217 g/mol. The maximum atomic E-state index is 11.2. The Bertz CT molecular complexity index is 197. The van der Waals surface area contributed by atoms with E-state index < -0.39 is 0 Å². The minimum absolute atomic E-state index is 0.0171. The number of primary amides is 1. The van der Waals surface area contributed by atoms with E-state index in [0.29, 0.717) is 45.3 Å². The Morgan fingerprint density at radius 3 is 2.40 bits per heavy atom. The van der Waals surface area contributed by atoms with E-state index >= 15 is 0 Å². The summed E-state index contributed by atoms with van der Waals surface area (Å²) in [6, 6.07) is 0. The summed E-state index contributed by atoms with van der Waals surface area (Å²) in [5, 5.41) is 2.71. The molecule has 0 saturated heterocycles. The highest BCUT2D eigenvalue weighted by Gasteiger charge is 2.01. The first-order valence-corrected chi connectivity index (χ1v) is 5.03. The predicted octanol–water partition coefficient (Wildman–Crippen LogP) is -0.571. The second-order valence-corrected chi connectivity index (χ2v) is 3.25. The molecule has 88 valence electrons. The molecule has 0 aromatic rings. The van der Waals surface area contributed by atoms with Gasteiger partial charge in [-0.1, -0.05) is 0 Å². The molecule has 0 heterocycles. The highest BCUT2D eigenvalue weighted by atomic mass is 16.6. The van der Waals surface area contributed by atoms with Gasteiger partial charge in [-0.05, 0) is 19.3 Å². The van der Waals surface area contributed by atoms with Gasteiger partial charge in [0.1, 0.15) is 0 Å². The molecule has 0 radical (unpaired) electrons. The molecule has 0 aliphatic carbocycles. The molecular weight excluding hydrogens is 198 g/mol. The van der Waals surface area contributed by atoms with Crippen LogP contribution in [0.3, 0.4) is 0 Å². The third kappa shape index (κ3) is 10.8. The number of nitrogens with one attached hydrogen (secondary N) is 1. The van der Waals surface area contributed by atoms with Crippen LogP contribution in [0.5, 0.6) is 0 Å². The van der Waals surface area contributed by atoms with Gasteiger partial charge in [-0.3, -0.25) is 9.59 Å². The fourth-order valence-electron chi connectivity index (χ4n) is 1.06. The van der Waals surface area contributed by atoms with Gasteiger partial charge in [-0.15, -0.1) is 0 Å². The number of hydrogen-bond donors (Lipinski definition) is 3. The van der Waals surface area contributed by atoms with Crippen LogP contribution in [-0.2, 0) is 14.4 Å². The summed E-state index contributed by atoms with van der Waals surface area (Å²) in [6.07, 6.45) is 2.81. The van der Waals surface area contributed by atoms with Crippen molar-refractivity contribution in [3.05, 3.63) is 0 Å². The molecule has 5 N–H and O–H groups in total. The highest BCUT2D eigenvalue weighted by molar-refractivity contribution is 5.76. The molecule has 0 spiro atoms. The lowest BCUT2D eigenvalue weighted by molar-refractivity contribution is -0.122. The smallest absolute Gasteiger partial charge is 0.219 e. The molecule has 0 rings (SSSR count). The Kier molecular flexibility index (Phi) is 8.70. The van der Waals surface area contributed by atoms with Gasteiger partial charge >= 0.3 is 0 Å². The molecule has 6 heteroatoms. The van der Waals surface area contributed by atoms with E-state index in [-0.39, 0.29) is 11.8 Å². The van der Waals surface area contributed by atoms with Crippen LogP contribution in [0.25, 0.3) is 0 Å². The molecule has 0 aliphatic heterocycles. The number of carbonyl (C=O) groups excluding carboxylic acids is 2. The zero-order valence-corrected chi connectivity index (χ0v) is 8.83. The molecule has 0 atom stereocenters. The van der Waals surface area contributed by atoms with E-state index in [9.17, 15) is 9.59 Å². The van der Waals surface area contributed by atoms with Gasteiger partial charge in [0.15, 0.2) is 0 Å². The van der Waals surface area contributed by atoms with Gasteiger partial charge in [-0.25, -0.2) is 5.90 Å². The quantitative estimate of drug-likeness (QED) is 0.355. The van der Waals surface area contributed by atoms with E-state index in [1.807, 2.05) is 0 Å². The number of carbonyl (C=O) groups is 2. The molecular formula is C9H19N3O3. The molecule has 2 amide bonds. The Morgan fingerprint density at radius 1 is 1.13 bits per heavy atom. The van der Waals surface area contributed by atoms with Crippen molar-refractivity contribution < 1.29 is 14.4 Å². The van der Waals surface area contributed by atoms with Crippen molar-refractivity contribution in [3.8, 4) is 0 Å². The Hall–Kier alpha value is -1.14. The third-order valence-corrected chi connectivity index (χ3v) is 1.84. The van der Waals surface area contributed by atoms with Gasteiger partial charge in [0.05, 0.1) is 6.61 Å². The lowest BCUT2D eigenvalue weighted by Crippen LogP contribution is -2.25. The third-order valence-electron chi connectivity index (χ3n) is 1.84. The molecule has 0 aromatic carbocycles. The lowest BCUT2D eigenvalue weighted by Gasteiger charge is -2.03. The molecule has 0 bridgehead atoms. The normalized spacial score (nSPS) is 9.93. The maximum Gasteiger partial charge on any atom is 0.219 e. The first-order valence-electron chi connectivity index (χ1n) is 5.03. The summed E-state index contributed by atoms with van der Waals surface area (Å²) >= 11 is 0. The van der Waals surface area contributed by atoms with E-state index in [2.05, 4.69) is 10.2 Å². The second kappa shape index (κ2) is 9.42. The standard InChI is InChI=1S/C9H19N3O3/c10-8(13)4-1-2-5-9(14)12-6-3-7-15-11/h1-7,11H2,(H2,10,13)(H,12,14). The topological polar surface area (TPSA) is 107 Å². The molecule has 6 nitrogen and oxygen atoms in total. The lowest BCUT2D eigenvalue weighted by atomic mass is 10.2. The molecule has 15 heavy (non-hydrogen) atoms. The van der Waals surface area contributed by atoms with E-state index in [1.54, 1.807) is 0 Å². The summed E-state index contributed by atoms with van der Waals surface area (Å²) in [4.78, 5) is 25.9. The van der Waals surface area contributed by atoms with E-state index in [0.717, 1.165) is 0 Å². The van der Waals surface area contributed by atoms with Crippen LogP contribution in [0, 0.1) is 0 Å². The van der Waals surface area contributed by atoms with Crippen LogP contribution in [0.4, 0.5) is 0 Å². The predicted molar refractivity (Wildman–Crippen MR) is 55.4 cm³/mol. The first kappa shape index (κ1) is 13.9. The summed E-state index contributed by atoms with van der Waals surface area (Å²) in [5.74, 6) is 4.47. The largest absolute Gasteiger partial charge is 0.370 e. The average Bonchev–Trinajstić information content (AvgIpc) is 2.19. The van der Waals surface area contributed by atoms with Crippen molar-refractivity contribution in [1.29, 1.82) is 0 Å². The Morgan fingerprint density at radius 2 is 1.80 bits per heavy atom.